The molecule has 1 aliphatic heterocycles. The van der Waals surface area contributed by atoms with Gasteiger partial charge in [-0.05, 0) is 31.2 Å². The molecule has 1 aromatic rings. The van der Waals surface area contributed by atoms with Crippen molar-refractivity contribution in [1.82, 2.24) is 20.4 Å². The first-order valence-corrected chi connectivity index (χ1v) is 9.08. The van der Waals surface area contributed by atoms with Crippen LogP contribution in [0.2, 0.25) is 0 Å². The van der Waals surface area contributed by atoms with Crippen molar-refractivity contribution >= 4 is 12.3 Å². The number of piperazine rings is 1. The fourth-order valence-corrected chi connectivity index (χ4v) is 3.07. The Kier molecular flexibility index (Phi) is 7.64. The van der Waals surface area contributed by atoms with Gasteiger partial charge in [-0.15, -0.1) is 0 Å². The van der Waals surface area contributed by atoms with Crippen molar-refractivity contribution < 1.29 is 9.59 Å². The van der Waals surface area contributed by atoms with Crippen LogP contribution in [-0.2, 0) is 9.59 Å². The third-order valence-corrected chi connectivity index (χ3v) is 4.90. The van der Waals surface area contributed by atoms with Gasteiger partial charge in [-0.25, -0.2) is 0 Å². The van der Waals surface area contributed by atoms with Gasteiger partial charge in [0.2, 0.25) is 6.41 Å². The van der Waals surface area contributed by atoms with Gasteiger partial charge in [0.15, 0.2) is 6.04 Å². The monoisotopic (exact) mass is 356 g/mol. The molecule has 26 heavy (non-hydrogen) atoms. The normalized spacial score (nSPS) is 17.5. The average Bonchev–Trinajstić information content (AvgIpc) is 2.70. The quantitative estimate of drug-likeness (QED) is 0.579. The highest BCUT2D eigenvalue weighted by atomic mass is 16.2. The minimum absolute atomic E-state index is 0.332. The van der Waals surface area contributed by atoms with E-state index in [1.54, 1.807) is 0 Å². The summed E-state index contributed by atoms with van der Waals surface area (Å²) < 4.78 is 0. The molecule has 1 saturated heterocycles. The molecular formula is C20H28N4O2. The molecule has 2 atom stereocenters. The lowest BCUT2D eigenvalue weighted by atomic mass is 10.0. The van der Waals surface area contributed by atoms with E-state index in [4.69, 9.17) is 0 Å². The highest BCUT2D eigenvalue weighted by Crippen LogP contribution is 2.21. The van der Waals surface area contributed by atoms with Crippen molar-refractivity contribution in [2.45, 2.75) is 25.9 Å². The Morgan fingerprint density at radius 3 is 2.42 bits per heavy atom. The highest BCUT2D eigenvalue weighted by Gasteiger charge is 2.21. The van der Waals surface area contributed by atoms with Crippen LogP contribution in [0, 0.1) is 11.8 Å². The van der Waals surface area contributed by atoms with Crippen molar-refractivity contribution in [2.24, 2.45) is 0 Å². The van der Waals surface area contributed by atoms with E-state index in [1.165, 1.54) is 12.6 Å². The topological polar surface area (TPSA) is 64.7 Å². The highest BCUT2D eigenvalue weighted by molar-refractivity contribution is 5.86. The molecule has 0 saturated carbocycles. The summed E-state index contributed by atoms with van der Waals surface area (Å²) in [7, 11) is 1.51. The second-order valence-electron chi connectivity index (χ2n) is 6.37. The molecule has 1 heterocycles. The minimum atomic E-state index is -0.842. The van der Waals surface area contributed by atoms with Crippen molar-refractivity contribution in [1.29, 1.82) is 0 Å². The molecule has 1 fully saturated rings. The number of benzene rings is 1. The number of hydrogen-bond donors (Lipinski definition) is 2. The standard InChI is InChI=1S/C20H28N4O2/c1-4-23-11-13-24(14-12-23)16(2)18-8-5-17(6-9-18)7-10-19(22-15-25)20(26)21-3/h5-6,8-9,15-16,19H,4,11-14H2,1-3H3,(H,21,26)(H,22,25). The molecule has 2 N–H and O–H groups in total. The Labute approximate surface area is 155 Å². The van der Waals surface area contributed by atoms with Gasteiger partial charge < -0.3 is 15.5 Å². The van der Waals surface area contributed by atoms with Crippen LogP contribution in [-0.4, -0.2) is 67.9 Å². The first-order valence-electron chi connectivity index (χ1n) is 9.08. The Hall–Kier alpha value is -2.36. The van der Waals surface area contributed by atoms with Crippen molar-refractivity contribution in [2.75, 3.05) is 39.8 Å². The summed E-state index contributed by atoms with van der Waals surface area (Å²) in [6.45, 7) is 9.97. The molecule has 0 bridgehead atoms. The maximum Gasteiger partial charge on any atom is 0.254 e. The van der Waals surface area contributed by atoms with Crippen LogP contribution in [0.25, 0.3) is 0 Å². The second kappa shape index (κ2) is 9.95. The first-order chi connectivity index (χ1) is 12.6. The Morgan fingerprint density at radius 2 is 1.88 bits per heavy atom. The average molecular weight is 356 g/mol. The van der Waals surface area contributed by atoms with Gasteiger partial charge in [0.25, 0.3) is 5.91 Å². The van der Waals surface area contributed by atoms with Gasteiger partial charge in [0.1, 0.15) is 0 Å². The van der Waals surface area contributed by atoms with E-state index in [1.807, 2.05) is 12.1 Å². The van der Waals surface area contributed by atoms with Crippen LogP contribution in [0.1, 0.15) is 31.0 Å². The number of rotatable bonds is 6. The fraction of sp³-hybridized carbons (Fsp3) is 0.500. The SMILES string of the molecule is CCN1CCN(C(C)c2ccc(C#CC(NC=O)C(=O)NC)cc2)CC1. The lowest BCUT2D eigenvalue weighted by Crippen LogP contribution is -2.46. The van der Waals surface area contributed by atoms with E-state index in [0.717, 1.165) is 38.3 Å². The predicted molar refractivity (Wildman–Crippen MR) is 102 cm³/mol. The van der Waals surface area contributed by atoms with Gasteiger partial charge in [0, 0.05) is 44.8 Å². The largest absolute Gasteiger partial charge is 0.357 e. The Morgan fingerprint density at radius 1 is 1.23 bits per heavy atom. The van der Waals surface area contributed by atoms with Gasteiger partial charge in [-0.2, -0.15) is 0 Å². The number of carbonyl (C=O) groups excluding carboxylic acids is 2. The van der Waals surface area contributed by atoms with Gasteiger partial charge in [-0.1, -0.05) is 30.9 Å². The molecule has 0 aromatic heterocycles. The van der Waals surface area contributed by atoms with Crippen molar-refractivity contribution in [3.05, 3.63) is 35.4 Å². The summed E-state index contributed by atoms with van der Waals surface area (Å²) in [4.78, 5) is 27.2. The minimum Gasteiger partial charge on any atom is -0.357 e. The summed E-state index contributed by atoms with van der Waals surface area (Å²) in [5.41, 5.74) is 2.08. The third-order valence-electron chi connectivity index (χ3n) is 4.90. The molecule has 0 aliphatic carbocycles. The van der Waals surface area contributed by atoms with Crippen LogP contribution in [0.5, 0.6) is 0 Å². The lowest BCUT2D eigenvalue weighted by Gasteiger charge is -2.37. The zero-order valence-corrected chi connectivity index (χ0v) is 15.8. The second-order valence-corrected chi connectivity index (χ2v) is 6.37. The van der Waals surface area contributed by atoms with Crippen LogP contribution in [0.4, 0.5) is 0 Å². The van der Waals surface area contributed by atoms with Gasteiger partial charge in [-0.3, -0.25) is 14.5 Å². The number of amides is 2. The smallest absolute Gasteiger partial charge is 0.254 e. The van der Waals surface area contributed by atoms with Crippen molar-refractivity contribution in [3.8, 4) is 11.8 Å². The maximum absolute atomic E-state index is 11.6. The van der Waals surface area contributed by atoms with E-state index >= 15 is 0 Å². The molecule has 6 heteroatoms. The number of hydrogen-bond acceptors (Lipinski definition) is 4. The summed E-state index contributed by atoms with van der Waals surface area (Å²) >= 11 is 0. The van der Waals surface area contributed by atoms with Crippen LogP contribution < -0.4 is 10.6 Å². The van der Waals surface area contributed by atoms with Crippen LogP contribution >= 0.6 is 0 Å². The van der Waals surface area contributed by atoms with Crippen molar-refractivity contribution in [3.63, 3.8) is 0 Å². The number of likely N-dealkylation sites (N-methyl/N-ethyl adjacent to an activating group) is 2. The molecule has 6 nitrogen and oxygen atoms in total. The number of nitrogens with one attached hydrogen (secondary N) is 2. The Bertz CT molecular complexity index is 655. The zero-order valence-electron chi connectivity index (χ0n) is 15.8. The summed E-state index contributed by atoms with van der Waals surface area (Å²) in [5.74, 6) is 5.41. The molecule has 2 rings (SSSR count). The molecular weight excluding hydrogens is 328 g/mol. The number of carbonyl (C=O) groups is 2. The predicted octanol–water partition coefficient (Wildman–Crippen LogP) is 0.597. The van der Waals surface area contributed by atoms with Gasteiger partial charge >= 0.3 is 0 Å². The van der Waals surface area contributed by atoms with E-state index in [9.17, 15) is 9.59 Å². The molecule has 2 amide bonds. The van der Waals surface area contributed by atoms with Crippen LogP contribution in [0.15, 0.2) is 24.3 Å². The maximum atomic E-state index is 11.6. The van der Waals surface area contributed by atoms with Crippen LogP contribution in [0.3, 0.4) is 0 Å². The summed E-state index contributed by atoms with van der Waals surface area (Å²) in [6, 6.07) is 7.62. The zero-order chi connectivity index (χ0) is 18.9. The van der Waals surface area contributed by atoms with E-state index in [-0.39, 0.29) is 5.91 Å². The van der Waals surface area contributed by atoms with E-state index in [0.29, 0.717) is 12.5 Å². The molecule has 1 aromatic carbocycles. The van der Waals surface area contributed by atoms with E-state index in [2.05, 4.69) is 58.3 Å². The fourth-order valence-electron chi connectivity index (χ4n) is 3.07. The molecule has 1 aliphatic rings. The first kappa shape index (κ1) is 20.0. The lowest BCUT2D eigenvalue weighted by molar-refractivity contribution is -0.123. The number of nitrogens with zero attached hydrogens (tertiary/aromatic N) is 2. The van der Waals surface area contributed by atoms with E-state index < -0.39 is 6.04 Å². The third kappa shape index (κ3) is 5.32. The van der Waals surface area contributed by atoms with Gasteiger partial charge in [0.05, 0.1) is 0 Å². The molecule has 140 valence electrons. The molecule has 2 unspecified atom stereocenters. The Balaban J connectivity index is 2.01. The summed E-state index contributed by atoms with van der Waals surface area (Å²) in [5, 5.41) is 4.89. The summed E-state index contributed by atoms with van der Waals surface area (Å²) in [6.07, 6.45) is 0.484. The molecule has 0 radical (unpaired) electrons. The molecule has 0 spiro atoms.